The van der Waals surface area contributed by atoms with Crippen LogP contribution in [-0.2, 0) is 11.2 Å². The van der Waals surface area contributed by atoms with Crippen LogP contribution in [0.25, 0.3) is 0 Å². The van der Waals surface area contributed by atoms with Crippen molar-refractivity contribution in [1.82, 2.24) is 5.32 Å². The summed E-state index contributed by atoms with van der Waals surface area (Å²) in [5.41, 5.74) is 0.00609. The summed E-state index contributed by atoms with van der Waals surface area (Å²) in [5.74, 6) is -0.940. The molecule has 0 bridgehead atoms. The standard InChI is InChI=1S/C24H33FN2O2/c1-2-3-4-5-6-7-8-9-10-11-19-16-20(12-13-21(19)25)23(29)27-17-22(28)24(18-26)14-15-24/h12-13,16H,2-11,14-15,17H2,1H3,(H,27,29). The quantitative estimate of drug-likeness (QED) is 0.419. The van der Waals surface area contributed by atoms with Crippen molar-refractivity contribution in [2.24, 2.45) is 5.41 Å². The SMILES string of the molecule is CCCCCCCCCCCc1cc(C(=O)NCC(=O)C2(C#N)CC2)ccc1F. The Balaban J connectivity index is 1.72. The summed E-state index contributed by atoms with van der Waals surface area (Å²) in [6.07, 6.45) is 12.6. The van der Waals surface area contributed by atoms with Gasteiger partial charge >= 0.3 is 0 Å². The number of ketones is 1. The van der Waals surface area contributed by atoms with Gasteiger partial charge < -0.3 is 5.32 Å². The molecule has 1 amide bonds. The minimum atomic E-state index is -0.892. The fraction of sp³-hybridized carbons (Fsp3) is 0.625. The first-order valence-electron chi connectivity index (χ1n) is 11.0. The Labute approximate surface area is 173 Å². The third-order valence-electron chi connectivity index (χ3n) is 5.76. The molecule has 0 radical (unpaired) electrons. The van der Waals surface area contributed by atoms with Gasteiger partial charge in [-0.3, -0.25) is 9.59 Å². The molecule has 4 nitrogen and oxygen atoms in total. The van der Waals surface area contributed by atoms with E-state index in [1.165, 1.54) is 50.7 Å². The molecule has 29 heavy (non-hydrogen) atoms. The third kappa shape index (κ3) is 7.27. The second kappa shape index (κ2) is 11.7. The normalized spacial score (nSPS) is 14.2. The van der Waals surface area contributed by atoms with E-state index in [1.807, 2.05) is 6.07 Å². The highest BCUT2D eigenvalue weighted by atomic mass is 19.1. The Hall–Kier alpha value is -2.22. The number of benzene rings is 1. The van der Waals surface area contributed by atoms with Crippen LogP contribution in [0.15, 0.2) is 18.2 Å². The van der Waals surface area contributed by atoms with Gasteiger partial charge in [-0.2, -0.15) is 5.26 Å². The summed E-state index contributed by atoms with van der Waals surface area (Å²) in [6, 6.07) is 6.37. The van der Waals surface area contributed by atoms with E-state index in [9.17, 15) is 14.0 Å². The first-order chi connectivity index (χ1) is 14.0. The van der Waals surface area contributed by atoms with E-state index in [2.05, 4.69) is 12.2 Å². The van der Waals surface area contributed by atoms with Gasteiger partial charge in [0.25, 0.3) is 5.91 Å². The number of rotatable bonds is 14. The molecular weight excluding hydrogens is 367 g/mol. The van der Waals surface area contributed by atoms with Gasteiger partial charge in [-0.1, -0.05) is 58.3 Å². The largest absolute Gasteiger partial charge is 0.345 e. The lowest BCUT2D eigenvalue weighted by atomic mass is 10.0. The molecule has 1 aromatic carbocycles. The number of aryl methyl sites for hydroxylation is 1. The maximum atomic E-state index is 14.1. The zero-order valence-electron chi connectivity index (χ0n) is 17.6. The molecule has 1 N–H and O–H groups in total. The van der Waals surface area contributed by atoms with Crippen molar-refractivity contribution in [3.8, 4) is 6.07 Å². The number of amides is 1. The molecule has 1 saturated carbocycles. The Kier molecular flexibility index (Phi) is 9.31. The molecule has 2 rings (SSSR count). The van der Waals surface area contributed by atoms with Crippen LogP contribution < -0.4 is 5.32 Å². The minimum Gasteiger partial charge on any atom is -0.345 e. The van der Waals surface area contributed by atoms with E-state index in [-0.39, 0.29) is 18.1 Å². The Morgan fingerprint density at radius 1 is 1.07 bits per heavy atom. The average molecular weight is 401 g/mol. The number of unbranched alkanes of at least 4 members (excludes halogenated alkanes) is 8. The summed E-state index contributed by atoms with van der Waals surface area (Å²) in [7, 11) is 0. The van der Waals surface area contributed by atoms with Crippen molar-refractivity contribution < 1.29 is 14.0 Å². The van der Waals surface area contributed by atoms with Crippen LogP contribution in [0.2, 0.25) is 0 Å². The predicted octanol–water partition coefficient (Wildman–Crippen LogP) is 5.50. The number of nitrogens with one attached hydrogen (secondary N) is 1. The number of halogens is 1. The molecular formula is C24H33FN2O2. The second-order valence-corrected chi connectivity index (χ2v) is 8.18. The first-order valence-corrected chi connectivity index (χ1v) is 11.0. The Morgan fingerprint density at radius 3 is 2.28 bits per heavy atom. The number of carbonyl (C=O) groups is 2. The molecule has 1 fully saturated rings. The van der Waals surface area contributed by atoms with Crippen molar-refractivity contribution in [3.05, 3.63) is 35.1 Å². The van der Waals surface area contributed by atoms with E-state index in [0.29, 0.717) is 30.4 Å². The smallest absolute Gasteiger partial charge is 0.251 e. The molecule has 0 spiro atoms. The fourth-order valence-electron chi connectivity index (χ4n) is 3.54. The van der Waals surface area contributed by atoms with E-state index >= 15 is 0 Å². The molecule has 1 aliphatic carbocycles. The maximum Gasteiger partial charge on any atom is 0.251 e. The average Bonchev–Trinajstić information content (AvgIpc) is 3.53. The topological polar surface area (TPSA) is 70.0 Å². The highest BCUT2D eigenvalue weighted by molar-refractivity contribution is 5.99. The molecule has 0 aliphatic heterocycles. The van der Waals surface area contributed by atoms with Crippen LogP contribution in [-0.4, -0.2) is 18.2 Å². The second-order valence-electron chi connectivity index (χ2n) is 8.18. The van der Waals surface area contributed by atoms with Gasteiger partial charge in [-0.25, -0.2) is 4.39 Å². The van der Waals surface area contributed by atoms with Gasteiger partial charge in [-0.05, 0) is 49.4 Å². The molecule has 1 aliphatic rings. The molecule has 0 saturated heterocycles. The van der Waals surface area contributed by atoms with E-state index < -0.39 is 11.3 Å². The summed E-state index contributed by atoms with van der Waals surface area (Å²) in [4.78, 5) is 24.3. The van der Waals surface area contributed by atoms with Crippen molar-refractivity contribution in [2.45, 2.75) is 84.0 Å². The van der Waals surface area contributed by atoms with E-state index in [4.69, 9.17) is 5.26 Å². The number of nitriles is 1. The number of hydrogen-bond acceptors (Lipinski definition) is 3. The van der Waals surface area contributed by atoms with Gasteiger partial charge in [0.15, 0.2) is 5.78 Å². The highest BCUT2D eigenvalue weighted by Crippen LogP contribution is 2.45. The third-order valence-corrected chi connectivity index (χ3v) is 5.76. The van der Waals surface area contributed by atoms with Crippen molar-refractivity contribution in [1.29, 1.82) is 5.26 Å². The number of carbonyl (C=O) groups excluding carboxylic acids is 2. The monoisotopic (exact) mass is 400 g/mol. The van der Waals surface area contributed by atoms with Crippen LogP contribution >= 0.6 is 0 Å². The maximum absolute atomic E-state index is 14.1. The first kappa shape index (κ1) is 23.1. The van der Waals surface area contributed by atoms with Crippen LogP contribution in [0.1, 0.15) is 93.5 Å². The summed E-state index contributed by atoms with van der Waals surface area (Å²) < 4.78 is 14.1. The van der Waals surface area contributed by atoms with Crippen molar-refractivity contribution >= 4 is 11.7 Å². The molecule has 158 valence electrons. The fourth-order valence-corrected chi connectivity index (χ4v) is 3.54. The minimum absolute atomic E-state index is 0.155. The lowest BCUT2D eigenvalue weighted by Gasteiger charge is -2.09. The number of nitrogens with zero attached hydrogens (tertiary/aromatic N) is 1. The molecule has 0 unspecified atom stereocenters. The van der Waals surface area contributed by atoms with Crippen LogP contribution in [0.5, 0.6) is 0 Å². The zero-order chi connectivity index (χ0) is 21.1. The van der Waals surface area contributed by atoms with Gasteiger partial charge in [-0.15, -0.1) is 0 Å². The lowest BCUT2D eigenvalue weighted by Crippen LogP contribution is -2.33. The Morgan fingerprint density at radius 2 is 1.69 bits per heavy atom. The van der Waals surface area contributed by atoms with Crippen molar-refractivity contribution in [2.75, 3.05) is 6.54 Å². The molecule has 5 heteroatoms. The molecule has 1 aromatic rings. The van der Waals surface area contributed by atoms with E-state index in [0.717, 1.165) is 19.3 Å². The van der Waals surface area contributed by atoms with Gasteiger partial charge in [0.2, 0.25) is 0 Å². The van der Waals surface area contributed by atoms with Gasteiger partial charge in [0, 0.05) is 5.56 Å². The van der Waals surface area contributed by atoms with Crippen molar-refractivity contribution in [3.63, 3.8) is 0 Å². The zero-order valence-corrected chi connectivity index (χ0v) is 17.6. The molecule has 0 aromatic heterocycles. The number of hydrogen-bond donors (Lipinski definition) is 1. The summed E-state index contributed by atoms with van der Waals surface area (Å²) >= 11 is 0. The number of Topliss-reactive ketones (excluding diaryl/α,β-unsaturated/α-hetero) is 1. The highest BCUT2D eigenvalue weighted by Gasteiger charge is 2.49. The van der Waals surface area contributed by atoms with Crippen LogP contribution in [0, 0.1) is 22.6 Å². The summed E-state index contributed by atoms with van der Waals surface area (Å²) in [6.45, 7) is 2.06. The van der Waals surface area contributed by atoms with Gasteiger partial charge in [0.1, 0.15) is 11.2 Å². The molecule has 0 heterocycles. The predicted molar refractivity (Wildman–Crippen MR) is 112 cm³/mol. The lowest BCUT2D eigenvalue weighted by molar-refractivity contribution is -0.121. The van der Waals surface area contributed by atoms with E-state index in [1.54, 1.807) is 6.07 Å². The Bertz CT molecular complexity index is 735. The van der Waals surface area contributed by atoms with Gasteiger partial charge in [0.05, 0.1) is 12.6 Å². The molecule has 0 atom stereocenters. The van der Waals surface area contributed by atoms with Crippen LogP contribution in [0.4, 0.5) is 4.39 Å². The van der Waals surface area contributed by atoms with Crippen LogP contribution in [0.3, 0.4) is 0 Å². The summed E-state index contributed by atoms with van der Waals surface area (Å²) in [5, 5.41) is 11.6.